The molecule has 7 nitrogen and oxygen atoms in total. The number of hydrogen-bond donors (Lipinski definition) is 0. The van der Waals surface area contributed by atoms with Gasteiger partial charge in [-0.3, -0.25) is 9.36 Å². The molecule has 1 amide bonds. The standard InChI is InChI=1S/C23H19N5O2S2/c1-16(29)28-22(19-13-8-14-31-19)30-20(26-28)15-32-23-25-24-21(17-9-4-2-5-10-17)27(23)18-11-6-3-7-12-18/h2-14,22H,15H2,1H3/t22-/m0/s1. The van der Waals surface area contributed by atoms with Gasteiger partial charge in [0, 0.05) is 18.2 Å². The van der Waals surface area contributed by atoms with E-state index in [-0.39, 0.29) is 5.91 Å². The zero-order valence-electron chi connectivity index (χ0n) is 17.2. The van der Waals surface area contributed by atoms with E-state index in [1.54, 1.807) is 0 Å². The Morgan fingerprint density at radius 2 is 1.78 bits per heavy atom. The molecule has 160 valence electrons. The zero-order chi connectivity index (χ0) is 21.9. The molecule has 0 saturated carbocycles. The minimum absolute atomic E-state index is 0.165. The van der Waals surface area contributed by atoms with E-state index in [4.69, 9.17) is 4.74 Å². The molecule has 32 heavy (non-hydrogen) atoms. The van der Waals surface area contributed by atoms with Gasteiger partial charge in [0.15, 0.2) is 11.0 Å². The minimum Gasteiger partial charge on any atom is -0.448 e. The summed E-state index contributed by atoms with van der Waals surface area (Å²) in [5, 5.41) is 17.4. The van der Waals surface area contributed by atoms with Gasteiger partial charge in [-0.2, -0.15) is 5.01 Å². The molecule has 5 rings (SSSR count). The zero-order valence-corrected chi connectivity index (χ0v) is 18.8. The van der Waals surface area contributed by atoms with Crippen molar-refractivity contribution in [1.29, 1.82) is 0 Å². The maximum atomic E-state index is 12.1. The number of carbonyl (C=O) groups excluding carboxylic acids is 1. The maximum absolute atomic E-state index is 12.1. The summed E-state index contributed by atoms with van der Waals surface area (Å²) in [5.41, 5.74) is 1.95. The number of carbonyl (C=O) groups is 1. The van der Waals surface area contributed by atoms with Crippen LogP contribution < -0.4 is 0 Å². The molecule has 1 atom stereocenters. The van der Waals surface area contributed by atoms with Gasteiger partial charge in [-0.15, -0.1) is 26.6 Å². The van der Waals surface area contributed by atoms with E-state index < -0.39 is 6.23 Å². The second-order valence-corrected chi connectivity index (χ2v) is 8.90. The maximum Gasteiger partial charge on any atom is 0.243 e. The minimum atomic E-state index is -0.519. The molecule has 2 aromatic carbocycles. The van der Waals surface area contributed by atoms with Crippen LogP contribution in [0.15, 0.2) is 88.4 Å². The van der Waals surface area contributed by atoms with Crippen LogP contribution >= 0.6 is 23.1 Å². The summed E-state index contributed by atoms with van der Waals surface area (Å²) in [6.45, 7) is 1.49. The van der Waals surface area contributed by atoms with Crippen LogP contribution in [0, 0.1) is 0 Å². The van der Waals surface area contributed by atoms with Gasteiger partial charge >= 0.3 is 0 Å². The van der Waals surface area contributed by atoms with E-state index in [9.17, 15) is 4.79 Å². The summed E-state index contributed by atoms with van der Waals surface area (Å²) in [4.78, 5) is 13.0. The Bertz CT molecular complexity index is 1240. The fourth-order valence-corrected chi connectivity index (χ4v) is 4.89. The van der Waals surface area contributed by atoms with E-state index in [0.717, 1.165) is 27.1 Å². The predicted molar refractivity (Wildman–Crippen MR) is 126 cm³/mol. The molecule has 0 fully saturated rings. The van der Waals surface area contributed by atoms with Gasteiger partial charge in [-0.05, 0) is 23.6 Å². The Morgan fingerprint density at radius 3 is 2.47 bits per heavy atom. The molecule has 2 aromatic heterocycles. The van der Waals surface area contributed by atoms with E-state index in [2.05, 4.69) is 15.3 Å². The first kappa shape index (κ1) is 20.5. The number of rotatable bonds is 6. The Labute approximate surface area is 193 Å². The first-order valence-corrected chi connectivity index (χ1v) is 11.8. The number of hydrogen-bond acceptors (Lipinski definition) is 7. The lowest BCUT2D eigenvalue weighted by molar-refractivity contribution is -0.135. The second-order valence-electron chi connectivity index (χ2n) is 6.97. The third kappa shape index (κ3) is 4.04. The number of hydrazone groups is 1. The number of benzene rings is 2. The highest BCUT2D eigenvalue weighted by Crippen LogP contribution is 2.33. The molecule has 0 N–H and O–H groups in total. The van der Waals surface area contributed by atoms with Gasteiger partial charge in [0.2, 0.25) is 18.0 Å². The number of thioether (sulfide) groups is 1. The lowest BCUT2D eigenvalue weighted by atomic mass is 10.2. The topological polar surface area (TPSA) is 72.6 Å². The van der Waals surface area contributed by atoms with Gasteiger partial charge in [-0.1, -0.05) is 66.4 Å². The summed E-state index contributed by atoms with van der Waals surface area (Å²) >= 11 is 3.00. The van der Waals surface area contributed by atoms with Crippen molar-refractivity contribution in [3.63, 3.8) is 0 Å². The van der Waals surface area contributed by atoms with Gasteiger partial charge in [0.25, 0.3) is 0 Å². The van der Waals surface area contributed by atoms with Crippen LogP contribution in [0.4, 0.5) is 0 Å². The van der Waals surface area contributed by atoms with Gasteiger partial charge in [0.1, 0.15) is 0 Å². The van der Waals surface area contributed by atoms with E-state index in [0.29, 0.717) is 11.7 Å². The number of nitrogens with zero attached hydrogens (tertiary/aromatic N) is 5. The SMILES string of the molecule is CC(=O)N1N=C(CSc2nnc(-c3ccccc3)n2-c2ccccc2)O[C@H]1c1cccs1. The molecule has 0 radical (unpaired) electrons. The molecular weight excluding hydrogens is 442 g/mol. The Balaban J connectivity index is 1.42. The summed E-state index contributed by atoms with van der Waals surface area (Å²) in [6.07, 6.45) is -0.519. The first-order chi connectivity index (χ1) is 15.7. The Kier molecular flexibility index (Phi) is 5.74. The Morgan fingerprint density at radius 1 is 1.03 bits per heavy atom. The molecule has 0 spiro atoms. The average molecular weight is 462 g/mol. The molecule has 1 aliphatic heterocycles. The van der Waals surface area contributed by atoms with E-state index in [1.807, 2.05) is 82.7 Å². The lowest BCUT2D eigenvalue weighted by Gasteiger charge is -2.17. The van der Waals surface area contributed by atoms with Crippen LogP contribution in [0.1, 0.15) is 18.0 Å². The van der Waals surface area contributed by atoms with Crippen LogP contribution in [0.25, 0.3) is 17.1 Å². The molecule has 0 aliphatic carbocycles. The average Bonchev–Trinajstić information content (AvgIpc) is 3.58. The molecule has 1 aliphatic rings. The van der Waals surface area contributed by atoms with Crippen molar-refractivity contribution < 1.29 is 9.53 Å². The third-order valence-electron chi connectivity index (χ3n) is 4.80. The molecule has 0 bridgehead atoms. The third-order valence-corrected chi connectivity index (χ3v) is 6.62. The lowest BCUT2D eigenvalue weighted by Crippen LogP contribution is -2.24. The van der Waals surface area contributed by atoms with Crippen molar-refractivity contribution in [2.24, 2.45) is 5.10 Å². The summed E-state index contributed by atoms with van der Waals surface area (Å²) < 4.78 is 8.05. The molecular formula is C23H19N5O2S2. The van der Waals surface area contributed by atoms with Crippen LogP contribution in [0.2, 0.25) is 0 Å². The monoisotopic (exact) mass is 461 g/mol. The van der Waals surface area contributed by atoms with Crippen LogP contribution in [0.3, 0.4) is 0 Å². The summed E-state index contributed by atoms with van der Waals surface area (Å²) in [6, 6.07) is 23.8. The number of thiophene rings is 1. The predicted octanol–water partition coefficient (Wildman–Crippen LogP) is 4.98. The van der Waals surface area contributed by atoms with Gasteiger partial charge in [-0.25, -0.2) is 0 Å². The van der Waals surface area contributed by atoms with Crippen molar-refractivity contribution in [3.05, 3.63) is 83.1 Å². The summed E-state index contributed by atoms with van der Waals surface area (Å²) in [5.74, 6) is 1.50. The van der Waals surface area contributed by atoms with Gasteiger partial charge < -0.3 is 4.74 Å². The van der Waals surface area contributed by atoms with Crippen molar-refractivity contribution >= 4 is 34.9 Å². The fourth-order valence-electron chi connectivity index (χ4n) is 3.36. The number of aromatic nitrogens is 3. The number of para-hydroxylation sites is 1. The highest BCUT2D eigenvalue weighted by atomic mass is 32.2. The first-order valence-electron chi connectivity index (χ1n) is 9.97. The van der Waals surface area contributed by atoms with Crippen LogP contribution in [-0.4, -0.2) is 37.3 Å². The van der Waals surface area contributed by atoms with Gasteiger partial charge in [0.05, 0.1) is 10.6 Å². The molecule has 0 saturated heterocycles. The molecule has 9 heteroatoms. The number of ether oxygens (including phenoxy) is 1. The van der Waals surface area contributed by atoms with Crippen molar-refractivity contribution in [2.75, 3.05) is 5.75 Å². The fraction of sp³-hybridized carbons (Fsp3) is 0.130. The quantitative estimate of drug-likeness (QED) is 0.379. The van der Waals surface area contributed by atoms with Crippen molar-refractivity contribution in [1.82, 2.24) is 19.8 Å². The molecule has 3 heterocycles. The van der Waals surface area contributed by atoms with Crippen molar-refractivity contribution in [3.8, 4) is 17.1 Å². The van der Waals surface area contributed by atoms with Crippen LogP contribution in [-0.2, 0) is 9.53 Å². The second kappa shape index (κ2) is 8.97. The van der Waals surface area contributed by atoms with Crippen molar-refractivity contribution in [2.45, 2.75) is 18.3 Å². The highest BCUT2D eigenvalue weighted by molar-refractivity contribution is 7.99. The summed E-state index contributed by atoms with van der Waals surface area (Å²) in [7, 11) is 0. The largest absolute Gasteiger partial charge is 0.448 e. The van der Waals surface area contributed by atoms with Crippen LogP contribution in [0.5, 0.6) is 0 Å². The molecule has 0 unspecified atom stereocenters. The number of amides is 1. The van der Waals surface area contributed by atoms with E-state index in [1.165, 1.54) is 35.0 Å². The van der Waals surface area contributed by atoms with E-state index >= 15 is 0 Å². The highest BCUT2D eigenvalue weighted by Gasteiger charge is 2.33. The molecule has 4 aromatic rings. The normalized spacial score (nSPS) is 15.5. The Hall–Kier alpha value is -3.43. The smallest absolute Gasteiger partial charge is 0.243 e.